The predicted molar refractivity (Wildman–Crippen MR) is 59.3 cm³/mol. The van der Waals surface area contributed by atoms with Gasteiger partial charge in [0.25, 0.3) is 0 Å². The highest BCUT2D eigenvalue weighted by molar-refractivity contribution is 5.43. The van der Waals surface area contributed by atoms with E-state index in [1.165, 1.54) is 0 Å². The zero-order valence-electron chi connectivity index (χ0n) is 9.06. The van der Waals surface area contributed by atoms with Crippen molar-refractivity contribution in [2.45, 2.75) is 13.0 Å². The third-order valence-electron chi connectivity index (χ3n) is 2.03. The van der Waals surface area contributed by atoms with Gasteiger partial charge in [-0.2, -0.15) is 0 Å². The highest BCUT2D eigenvalue weighted by atomic mass is 16.5. The molecule has 0 saturated heterocycles. The second kappa shape index (κ2) is 5.41. The lowest BCUT2D eigenvalue weighted by Crippen LogP contribution is -1.98. The largest absolute Gasteiger partial charge is 0.493 e. The zero-order valence-corrected chi connectivity index (χ0v) is 9.06. The Morgan fingerprint density at radius 2 is 2.20 bits per heavy atom. The summed E-state index contributed by atoms with van der Waals surface area (Å²) in [7, 11) is 1.57. The molecule has 82 valence electrons. The lowest BCUT2D eigenvalue weighted by atomic mass is 10.1. The first kappa shape index (κ1) is 11.6. The third kappa shape index (κ3) is 2.99. The fourth-order valence-corrected chi connectivity index (χ4v) is 1.21. The molecule has 0 unspecified atom stereocenters. The summed E-state index contributed by atoms with van der Waals surface area (Å²) in [5.41, 5.74) is 0.804. The van der Waals surface area contributed by atoms with E-state index in [2.05, 4.69) is 6.58 Å². The minimum absolute atomic E-state index is 0.435. The molecule has 3 heteroatoms. The molecule has 1 N–H and O–H groups in total. The molecule has 0 radical (unpaired) electrons. The summed E-state index contributed by atoms with van der Waals surface area (Å²) < 4.78 is 10.6. The first-order valence-electron chi connectivity index (χ1n) is 4.78. The van der Waals surface area contributed by atoms with Gasteiger partial charge in [0.2, 0.25) is 0 Å². The molecule has 0 amide bonds. The van der Waals surface area contributed by atoms with E-state index in [9.17, 15) is 5.11 Å². The molecule has 0 saturated carbocycles. The Morgan fingerprint density at radius 1 is 1.47 bits per heavy atom. The Hall–Kier alpha value is -1.48. The second-order valence-electron chi connectivity index (χ2n) is 3.19. The summed E-state index contributed by atoms with van der Waals surface area (Å²) in [5, 5.41) is 9.40. The van der Waals surface area contributed by atoms with Crippen molar-refractivity contribution in [3.63, 3.8) is 0 Å². The van der Waals surface area contributed by atoms with Gasteiger partial charge < -0.3 is 14.6 Å². The first-order chi connectivity index (χ1) is 7.19. The minimum atomic E-state index is -0.507. The molecule has 1 aromatic carbocycles. The SMILES string of the molecule is C=CCOc1ccc([C@@H](C)O)cc1OC. The van der Waals surface area contributed by atoms with E-state index in [1.807, 2.05) is 6.07 Å². The van der Waals surface area contributed by atoms with Crippen molar-refractivity contribution in [1.82, 2.24) is 0 Å². The summed E-state index contributed by atoms with van der Waals surface area (Å²) in [6.07, 6.45) is 1.16. The second-order valence-corrected chi connectivity index (χ2v) is 3.19. The molecule has 1 rings (SSSR count). The van der Waals surface area contributed by atoms with E-state index in [-0.39, 0.29) is 0 Å². The molecule has 0 aliphatic heterocycles. The van der Waals surface area contributed by atoms with E-state index >= 15 is 0 Å². The number of aliphatic hydroxyl groups is 1. The molecule has 0 aliphatic rings. The summed E-state index contributed by atoms with van der Waals surface area (Å²) in [6, 6.07) is 5.36. The lowest BCUT2D eigenvalue weighted by Gasteiger charge is -2.12. The van der Waals surface area contributed by atoms with E-state index < -0.39 is 6.10 Å². The van der Waals surface area contributed by atoms with Crippen LogP contribution < -0.4 is 9.47 Å². The van der Waals surface area contributed by atoms with E-state index in [0.717, 1.165) is 5.56 Å². The van der Waals surface area contributed by atoms with Crippen LogP contribution in [0.25, 0.3) is 0 Å². The summed E-state index contributed by atoms with van der Waals surface area (Å²) in [5.74, 6) is 1.28. The Kier molecular flexibility index (Phi) is 4.18. The van der Waals surface area contributed by atoms with Crippen molar-refractivity contribution in [2.24, 2.45) is 0 Å². The summed E-state index contributed by atoms with van der Waals surface area (Å²) in [4.78, 5) is 0. The smallest absolute Gasteiger partial charge is 0.161 e. The highest BCUT2D eigenvalue weighted by Gasteiger charge is 2.07. The minimum Gasteiger partial charge on any atom is -0.493 e. The van der Waals surface area contributed by atoms with Crippen molar-refractivity contribution in [1.29, 1.82) is 0 Å². The van der Waals surface area contributed by atoms with Gasteiger partial charge >= 0.3 is 0 Å². The van der Waals surface area contributed by atoms with Crippen LogP contribution in [0.5, 0.6) is 11.5 Å². The Balaban J connectivity index is 2.92. The van der Waals surface area contributed by atoms with Gasteiger partial charge in [-0.3, -0.25) is 0 Å². The van der Waals surface area contributed by atoms with Crippen LogP contribution in [-0.4, -0.2) is 18.8 Å². The van der Waals surface area contributed by atoms with Gasteiger partial charge in [-0.05, 0) is 24.6 Å². The Bertz CT molecular complexity index is 332. The lowest BCUT2D eigenvalue weighted by molar-refractivity contribution is 0.198. The van der Waals surface area contributed by atoms with Crippen LogP contribution in [0.4, 0.5) is 0 Å². The van der Waals surface area contributed by atoms with E-state index in [4.69, 9.17) is 9.47 Å². The van der Waals surface area contributed by atoms with Crippen LogP contribution in [0, 0.1) is 0 Å². The molecule has 1 atom stereocenters. The van der Waals surface area contributed by atoms with Gasteiger partial charge in [0.1, 0.15) is 6.61 Å². The van der Waals surface area contributed by atoms with Gasteiger partial charge in [0.15, 0.2) is 11.5 Å². The molecule has 1 aromatic rings. The molecule has 0 heterocycles. The van der Waals surface area contributed by atoms with Gasteiger partial charge in [-0.25, -0.2) is 0 Å². The Labute approximate surface area is 90.0 Å². The molecule has 0 fully saturated rings. The maximum Gasteiger partial charge on any atom is 0.161 e. The summed E-state index contributed by atoms with van der Waals surface area (Å²) >= 11 is 0. The number of hydrogen-bond acceptors (Lipinski definition) is 3. The first-order valence-corrected chi connectivity index (χ1v) is 4.78. The Morgan fingerprint density at radius 3 is 2.73 bits per heavy atom. The predicted octanol–water partition coefficient (Wildman–Crippen LogP) is 2.31. The number of benzene rings is 1. The van der Waals surface area contributed by atoms with Gasteiger partial charge in [-0.15, -0.1) is 0 Å². The number of methoxy groups -OCH3 is 1. The van der Waals surface area contributed by atoms with E-state index in [1.54, 1.807) is 32.2 Å². The zero-order chi connectivity index (χ0) is 11.3. The van der Waals surface area contributed by atoms with Gasteiger partial charge in [0.05, 0.1) is 13.2 Å². The van der Waals surface area contributed by atoms with Crippen molar-refractivity contribution >= 4 is 0 Å². The van der Waals surface area contributed by atoms with Crippen LogP contribution in [0.3, 0.4) is 0 Å². The maximum atomic E-state index is 9.40. The van der Waals surface area contributed by atoms with Crippen LogP contribution in [0.1, 0.15) is 18.6 Å². The van der Waals surface area contributed by atoms with Gasteiger partial charge in [-0.1, -0.05) is 18.7 Å². The molecule has 3 nitrogen and oxygen atoms in total. The maximum absolute atomic E-state index is 9.40. The van der Waals surface area contributed by atoms with E-state index in [0.29, 0.717) is 18.1 Å². The third-order valence-corrected chi connectivity index (χ3v) is 2.03. The van der Waals surface area contributed by atoms with Crippen molar-refractivity contribution in [3.05, 3.63) is 36.4 Å². The van der Waals surface area contributed by atoms with Crippen LogP contribution in [-0.2, 0) is 0 Å². The van der Waals surface area contributed by atoms with Crippen LogP contribution >= 0.6 is 0 Å². The quantitative estimate of drug-likeness (QED) is 0.755. The highest BCUT2D eigenvalue weighted by Crippen LogP contribution is 2.30. The van der Waals surface area contributed by atoms with Crippen molar-refractivity contribution in [3.8, 4) is 11.5 Å². The molecule has 0 aromatic heterocycles. The van der Waals surface area contributed by atoms with Crippen molar-refractivity contribution in [2.75, 3.05) is 13.7 Å². The average molecular weight is 208 g/mol. The van der Waals surface area contributed by atoms with Crippen LogP contribution in [0.15, 0.2) is 30.9 Å². The normalized spacial score (nSPS) is 11.9. The molecule has 0 spiro atoms. The molecule has 0 bridgehead atoms. The number of hydrogen-bond donors (Lipinski definition) is 1. The molecular weight excluding hydrogens is 192 g/mol. The van der Waals surface area contributed by atoms with Crippen LogP contribution in [0.2, 0.25) is 0 Å². The fourth-order valence-electron chi connectivity index (χ4n) is 1.21. The monoisotopic (exact) mass is 208 g/mol. The average Bonchev–Trinajstić information content (AvgIpc) is 2.25. The molecular formula is C12H16O3. The van der Waals surface area contributed by atoms with Crippen molar-refractivity contribution < 1.29 is 14.6 Å². The fraction of sp³-hybridized carbons (Fsp3) is 0.333. The molecule has 15 heavy (non-hydrogen) atoms. The number of aliphatic hydroxyl groups excluding tert-OH is 1. The topological polar surface area (TPSA) is 38.7 Å². The summed E-state index contributed by atoms with van der Waals surface area (Å²) in [6.45, 7) is 5.71. The molecule has 0 aliphatic carbocycles. The standard InChI is InChI=1S/C12H16O3/c1-4-7-15-11-6-5-10(9(2)13)8-12(11)14-3/h4-6,8-9,13H,1,7H2,2-3H3/t9-/m1/s1. The van der Waals surface area contributed by atoms with Gasteiger partial charge in [0, 0.05) is 0 Å². The number of rotatable bonds is 5. The number of ether oxygens (including phenoxy) is 2.